The molecule has 2 rings (SSSR count). The SMILES string of the molecule is Cc1ccc(CNC(=O)Nc2cc(C#N)ccc2N)cc1C. The van der Waals surface area contributed by atoms with E-state index in [1.807, 2.05) is 38.1 Å². The van der Waals surface area contributed by atoms with Crippen molar-refractivity contribution in [1.29, 1.82) is 5.26 Å². The summed E-state index contributed by atoms with van der Waals surface area (Å²) >= 11 is 0. The molecule has 2 amide bonds. The zero-order valence-electron chi connectivity index (χ0n) is 12.6. The quantitative estimate of drug-likeness (QED) is 0.760. The molecule has 22 heavy (non-hydrogen) atoms. The van der Waals surface area contributed by atoms with Crippen molar-refractivity contribution in [2.75, 3.05) is 11.1 Å². The number of amides is 2. The van der Waals surface area contributed by atoms with Crippen molar-refractivity contribution in [3.8, 4) is 6.07 Å². The van der Waals surface area contributed by atoms with E-state index < -0.39 is 0 Å². The van der Waals surface area contributed by atoms with Gasteiger partial charge in [0.25, 0.3) is 0 Å². The first-order chi connectivity index (χ1) is 10.5. The molecule has 112 valence electrons. The molecular weight excluding hydrogens is 276 g/mol. The lowest BCUT2D eigenvalue weighted by Crippen LogP contribution is -2.28. The first-order valence-electron chi connectivity index (χ1n) is 6.90. The second-order valence-corrected chi connectivity index (χ2v) is 5.14. The first kappa shape index (κ1) is 15.4. The standard InChI is InChI=1S/C17H18N4O/c1-11-3-4-14(7-12(11)2)10-20-17(22)21-16-8-13(9-18)5-6-15(16)19/h3-8H,10,19H2,1-2H3,(H2,20,21,22). The van der Waals surface area contributed by atoms with Gasteiger partial charge in [-0.3, -0.25) is 0 Å². The lowest BCUT2D eigenvalue weighted by Gasteiger charge is -2.11. The summed E-state index contributed by atoms with van der Waals surface area (Å²) in [5, 5.41) is 14.3. The Morgan fingerprint density at radius 3 is 2.64 bits per heavy atom. The minimum Gasteiger partial charge on any atom is -0.397 e. The van der Waals surface area contributed by atoms with Crippen molar-refractivity contribution in [2.24, 2.45) is 0 Å². The molecule has 0 aliphatic rings. The molecule has 5 heteroatoms. The van der Waals surface area contributed by atoms with Gasteiger partial charge < -0.3 is 16.4 Å². The zero-order chi connectivity index (χ0) is 16.1. The van der Waals surface area contributed by atoms with Crippen LogP contribution < -0.4 is 16.4 Å². The Bertz CT molecular complexity index is 747. The van der Waals surface area contributed by atoms with Crippen molar-refractivity contribution < 1.29 is 4.79 Å². The van der Waals surface area contributed by atoms with Crippen LogP contribution in [0.4, 0.5) is 16.2 Å². The normalized spacial score (nSPS) is 9.86. The molecule has 0 saturated heterocycles. The minimum atomic E-state index is -0.361. The van der Waals surface area contributed by atoms with E-state index in [0.717, 1.165) is 5.56 Å². The van der Waals surface area contributed by atoms with Crippen LogP contribution >= 0.6 is 0 Å². The van der Waals surface area contributed by atoms with E-state index in [-0.39, 0.29) is 6.03 Å². The third-order valence-corrected chi connectivity index (χ3v) is 3.45. The maximum atomic E-state index is 11.9. The summed E-state index contributed by atoms with van der Waals surface area (Å²) in [4.78, 5) is 11.9. The van der Waals surface area contributed by atoms with Gasteiger partial charge in [0.05, 0.1) is 23.0 Å². The van der Waals surface area contributed by atoms with E-state index in [1.165, 1.54) is 11.1 Å². The van der Waals surface area contributed by atoms with E-state index in [0.29, 0.717) is 23.5 Å². The maximum Gasteiger partial charge on any atom is 0.319 e. The number of nitrogens with zero attached hydrogens (tertiary/aromatic N) is 1. The molecule has 0 heterocycles. The molecule has 0 aliphatic heterocycles. The van der Waals surface area contributed by atoms with Crippen molar-refractivity contribution >= 4 is 17.4 Å². The van der Waals surface area contributed by atoms with E-state index in [2.05, 4.69) is 10.6 Å². The van der Waals surface area contributed by atoms with Crippen LogP contribution in [0.3, 0.4) is 0 Å². The number of carbonyl (C=O) groups is 1. The smallest absolute Gasteiger partial charge is 0.319 e. The van der Waals surface area contributed by atoms with E-state index in [1.54, 1.807) is 18.2 Å². The Balaban J connectivity index is 1.98. The van der Waals surface area contributed by atoms with E-state index >= 15 is 0 Å². The van der Waals surface area contributed by atoms with Gasteiger partial charge in [-0.2, -0.15) is 5.26 Å². The molecule has 4 N–H and O–H groups in total. The van der Waals surface area contributed by atoms with Crippen molar-refractivity contribution in [3.63, 3.8) is 0 Å². The van der Waals surface area contributed by atoms with E-state index in [4.69, 9.17) is 11.0 Å². The van der Waals surface area contributed by atoms with Crippen LogP contribution in [0.5, 0.6) is 0 Å². The first-order valence-corrected chi connectivity index (χ1v) is 6.90. The zero-order valence-corrected chi connectivity index (χ0v) is 12.6. The molecule has 0 aliphatic carbocycles. The number of aryl methyl sites for hydroxylation is 2. The summed E-state index contributed by atoms with van der Waals surface area (Å²) in [6.45, 7) is 4.50. The fourth-order valence-electron chi connectivity index (χ4n) is 2.00. The molecule has 0 atom stereocenters. The third kappa shape index (κ3) is 3.76. The molecule has 0 saturated carbocycles. The maximum absolute atomic E-state index is 11.9. The number of anilines is 2. The van der Waals surface area contributed by atoms with Gasteiger partial charge in [0.15, 0.2) is 0 Å². The van der Waals surface area contributed by atoms with Gasteiger partial charge in [-0.1, -0.05) is 18.2 Å². The monoisotopic (exact) mass is 294 g/mol. The topological polar surface area (TPSA) is 90.9 Å². The summed E-state index contributed by atoms with van der Waals surface area (Å²) < 4.78 is 0. The molecule has 5 nitrogen and oxygen atoms in total. The molecule has 0 fully saturated rings. The molecule has 0 spiro atoms. The average molecular weight is 294 g/mol. The van der Waals surface area contributed by atoms with Crippen LogP contribution in [-0.4, -0.2) is 6.03 Å². The summed E-state index contributed by atoms with van der Waals surface area (Å²) in [7, 11) is 0. The lowest BCUT2D eigenvalue weighted by molar-refractivity contribution is 0.251. The molecule has 0 aromatic heterocycles. The van der Waals surface area contributed by atoms with Crippen LogP contribution in [0.15, 0.2) is 36.4 Å². The van der Waals surface area contributed by atoms with Gasteiger partial charge in [0.1, 0.15) is 0 Å². The summed E-state index contributed by atoms with van der Waals surface area (Å²) in [5.74, 6) is 0. The Morgan fingerprint density at radius 2 is 1.95 bits per heavy atom. The number of nitrogens with two attached hydrogens (primary N) is 1. The second-order valence-electron chi connectivity index (χ2n) is 5.14. The number of nitriles is 1. The van der Waals surface area contributed by atoms with Crippen LogP contribution in [0.25, 0.3) is 0 Å². The highest BCUT2D eigenvalue weighted by Gasteiger charge is 2.06. The van der Waals surface area contributed by atoms with Gasteiger partial charge in [0.2, 0.25) is 0 Å². The van der Waals surface area contributed by atoms with Crippen molar-refractivity contribution in [1.82, 2.24) is 5.32 Å². The molecule has 2 aromatic carbocycles. The lowest BCUT2D eigenvalue weighted by atomic mass is 10.1. The third-order valence-electron chi connectivity index (χ3n) is 3.45. The number of nitrogen functional groups attached to an aromatic ring is 1. The summed E-state index contributed by atoms with van der Waals surface area (Å²) in [6, 6.07) is 12.4. The fourth-order valence-corrected chi connectivity index (χ4v) is 2.00. The highest BCUT2D eigenvalue weighted by Crippen LogP contribution is 2.19. The predicted octanol–water partition coefficient (Wildman–Crippen LogP) is 3.08. The Morgan fingerprint density at radius 1 is 1.18 bits per heavy atom. The van der Waals surface area contributed by atoms with Crippen LogP contribution in [0, 0.1) is 25.2 Å². The van der Waals surface area contributed by atoms with E-state index in [9.17, 15) is 4.79 Å². The Labute approximate surface area is 129 Å². The number of benzene rings is 2. The molecule has 0 unspecified atom stereocenters. The number of carbonyl (C=O) groups excluding carboxylic acids is 1. The number of urea groups is 1. The Hall–Kier alpha value is -3.00. The number of rotatable bonds is 3. The molecule has 0 radical (unpaired) electrons. The highest BCUT2D eigenvalue weighted by atomic mass is 16.2. The average Bonchev–Trinajstić information content (AvgIpc) is 2.50. The number of hydrogen-bond donors (Lipinski definition) is 3. The molecule has 2 aromatic rings. The number of hydrogen-bond acceptors (Lipinski definition) is 3. The van der Waals surface area contributed by atoms with Gasteiger partial charge in [-0.05, 0) is 48.7 Å². The summed E-state index contributed by atoms with van der Waals surface area (Å²) in [5.41, 5.74) is 10.5. The Kier molecular flexibility index (Phi) is 4.64. The highest BCUT2D eigenvalue weighted by molar-refractivity contribution is 5.92. The largest absolute Gasteiger partial charge is 0.397 e. The molecular formula is C17H18N4O. The minimum absolute atomic E-state index is 0.361. The van der Waals surface area contributed by atoms with Gasteiger partial charge in [-0.25, -0.2) is 4.79 Å². The second kappa shape index (κ2) is 6.64. The van der Waals surface area contributed by atoms with Gasteiger partial charge >= 0.3 is 6.03 Å². The van der Waals surface area contributed by atoms with Crippen LogP contribution in [0.2, 0.25) is 0 Å². The number of nitrogens with one attached hydrogen (secondary N) is 2. The van der Waals surface area contributed by atoms with Crippen LogP contribution in [0.1, 0.15) is 22.3 Å². The van der Waals surface area contributed by atoms with Gasteiger partial charge in [0, 0.05) is 6.54 Å². The fraction of sp³-hybridized carbons (Fsp3) is 0.176. The van der Waals surface area contributed by atoms with Gasteiger partial charge in [-0.15, -0.1) is 0 Å². The van der Waals surface area contributed by atoms with Crippen molar-refractivity contribution in [2.45, 2.75) is 20.4 Å². The van der Waals surface area contributed by atoms with Crippen molar-refractivity contribution in [3.05, 3.63) is 58.7 Å². The predicted molar refractivity (Wildman–Crippen MR) is 87.3 cm³/mol. The molecule has 0 bridgehead atoms. The summed E-state index contributed by atoms with van der Waals surface area (Å²) in [6.07, 6.45) is 0. The van der Waals surface area contributed by atoms with Crippen LogP contribution in [-0.2, 0) is 6.54 Å².